The second-order valence-electron chi connectivity index (χ2n) is 5.74. The second-order valence-corrected chi connectivity index (χ2v) is 5.74. The maximum absolute atomic E-state index is 6.11. The Bertz CT molecular complexity index is 725. The highest BCUT2D eigenvalue weighted by Crippen LogP contribution is 2.21. The Hall–Kier alpha value is -2.28. The summed E-state index contributed by atoms with van der Waals surface area (Å²) < 4.78 is 12.8. The summed E-state index contributed by atoms with van der Waals surface area (Å²) in [6.45, 7) is 4.72. The third-order valence-corrected chi connectivity index (χ3v) is 4.13. The number of imidazole rings is 1. The molecule has 0 saturated carbocycles. The SMILES string of the molecule is COc1ccc2c(c1)nc(CN=C(N)N1CCOC(C)C1)n2C. The van der Waals surface area contributed by atoms with Gasteiger partial charge < -0.3 is 24.7 Å². The van der Waals surface area contributed by atoms with Crippen LogP contribution in [-0.2, 0) is 18.3 Å². The van der Waals surface area contributed by atoms with E-state index in [0.717, 1.165) is 35.7 Å². The Morgan fingerprint density at radius 2 is 2.35 bits per heavy atom. The molecule has 1 aromatic heterocycles. The average molecular weight is 317 g/mol. The van der Waals surface area contributed by atoms with E-state index in [-0.39, 0.29) is 6.10 Å². The summed E-state index contributed by atoms with van der Waals surface area (Å²) in [4.78, 5) is 11.2. The predicted molar refractivity (Wildman–Crippen MR) is 89.6 cm³/mol. The van der Waals surface area contributed by atoms with Gasteiger partial charge in [-0.2, -0.15) is 0 Å². The van der Waals surface area contributed by atoms with Crippen molar-refractivity contribution in [2.45, 2.75) is 19.6 Å². The molecule has 7 nitrogen and oxygen atoms in total. The van der Waals surface area contributed by atoms with E-state index in [1.54, 1.807) is 7.11 Å². The molecule has 1 saturated heterocycles. The van der Waals surface area contributed by atoms with Gasteiger partial charge in [-0.15, -0.1) is 0 Å². The Balaban J connectivity index is 1.78. The van der Waals surface area contributed by atoms with Gasteiger partial charge in [-0.3, -0.25) is 0 Å². The molecule has 23 heavy (non-hydrogen) atoms. The van der Waals surface area contributed by atoms with Crippen LogP contribution in [0.2, 0.25) is 0 Å². The zero-order chi connectivity index (χ0) is 16.4. The molecular formula is C16H23N5O2. The third kappa shape index (κ3) is 3.24. The molecule has 1 fully saturated rings. The van der Waals surface area contributed by atoms with Gasteiger partial charge in [-0.1, -0.05) is 0 Å². The highest BCUT2D eigenvalue weighted by molar-refractivity contribution is 5.79. The van der Waals surface area contributed by atoms with E-state index in [2.05, 4.69) is 14.9 Å². The first kappa shape index (κ1) is 15.6. The first-order valence-corrected chi connectivity index (χ1v) is 7.74. The van der Waals surface area contributed by atoms with Gasteiger partial charge >= 0.3 is 0 Å². The molecule has 1 atom stereocenters. The van der Waals surface area contributed by atoms with E-state index < -0.39 is 0 Å². The molecule has 0 spiro atoms. The molecule has 1 aliphatic heterocycles. The number of hydrogen-bond donors (Lipinski definition) is 1. The second kappa shape index (κ2) is 6.45. The fourth-order valence-electron chi connectivity index (χ4n) is 2.78. The van der Waals surface area contributed by atoms with Gasteiger partial charge in [0, 0.05) is 26.2 Å². The van der Waals surface area contributed by atoms with E-state index in [9.17, 15) is 0 Å². The minimum absolute atomic E-state index is 0.181. The smallest absolute Gasteiger partial charge is 0.191 e. The number of rotatable bonds is 3. The number of guanidine groups is 1. The van der Waals surface area contributed by atoms with Gasteiger partial charge in [0.1, 0.15) is 18.1 Å². The van der Waals surface area contributed by atoms with Crippen molar-refractivity contribution in [3.8, 4) is 5.75 Å². The van der Waals surface area contributed by atoms with Crippen molar-refractivity contribution in [2.75, 3.05) is 26.8 Å². The fourth-order valence-corrected chi connectivity index (χ4v) is 2.78. The van der Waals surface area contributed by atoms with Crippen LogP contribution in [0.1, 0.15) is 12.7 Å². The number of morpholine rings is 1. The summed E-state index contributed by atoms with van der Waals surface area (Å²) in [7, 11) is 3.64. The third-order valence-electron chi connectivity index (χ3n) is 4.13. The number of aromatic nitrogens is 2. The number of nitrogens with zero attached hydrogens (tertiary/aromatic N) is 4. The predicted octanol–water partition coefficient (Wildman–Crippen LogP) is 1.12. The molecule has 1 unspecified atom stereocenters. The van der Waals surface area contributed by atoms with Crippen LogP contribution in [0.3, 0.4) is 0 Å². The summed E-state index contributed by atoms with van der Waals surface area (Å²) in [6.07, 6.45) is 0.181. The molecule has 2 N–H and O–H groups in total. The van der Waals surface area contributed by atoms with Gasteiger partial charge in [0.25, 0.3) is 0 Å². The quantitative estimate of drug-likeness (QED) is 0.678. The average Bonchev–Trinajstić information content (AvgIpc) is 2.88. The van der Waals surface area contributed by atoms with Gasteiger partial charge in [0.05, 0.1) is 30.9 Å². The van der Waals surface area contributed by atoms with Crippen LogP contribution < -0.4 is 10.5 Å². The molecule has 1 aromatic carbocycles. The van der Waals surface area contributed by atoms with Gasteiger partial charge in [-0.05, 0) is 19.1 Å². The Kier molecular flexibility index (Phi) is 4.38. The summed E-state index contributed by atoms with van der Waals surface area (Å²) in [5.74, 6) is 2.22. The maximum Gasteiger partial charge on any atom is 0.191 e. The van der Waals surface area contributed by atoms with E-state index in [1.165, 1.54) is 0 Å². The first-order chi connectivity index (χ1) is 11.1. The summed E-state index contributed by atoms with van der Waals surface area (Å²) in [5.41, 5.74) is 8.06. The number of aryl methyl sites for hydroxylation is 1. The number of nitrogens with two attached hydrogens (primary N) is 1. The maximum atomic E-state index is 6.11. The van der Waals surface area contributed by atoms with Crippen LogP contribution in [0.15, 0.2) is 23.2 Å². The summed E-state index contributed by atoms with van der Waals surface area (Å²) in [6, 6.07) is 5.86. The number of hydrogen-bond acceptors (Lipinski definition) is 4. The Labute approximate surface area is 135 Å². The lowest BCUT2D eigenvalue weighted by Crippen LogP contribution is -2.47. The lowest BCUT2D eigenvalue weighted by molar-refractivity contribution is 0.00528. The molecule has 0 amide bonds. The van der Waals surface area contributed by atoms with Gasteiger partial charge in [0.2, 0.25) is 0 Å². The van der Waals surface area contributed by atoms with Crippen molar-refractivity contribution >= 4 is 17.0 Å². The molecule has 0 aliphatic carbocycles. The zero-order valence-corrected chi connectivity index (χ0v) is 13.8. The molecule has 0 radical (unpaired) electrons. The number of ether oxygens (including phenoxy) is 2. The molecular weight excluding hydrogens is 294 g/mol. The number of methoxy groups -OCH3 is 1. The van der Waals surface area contributed by atoms with Crippen molar-refractivity contribution in [1.29, 1.82) is 0 Å². The number of fused-ring (bicyclic) bond motifs is 1. The summed E-state index contributed by atoms with van der Waals surface area (Å²) >= 11 is 0. The molecule has 7 heteroatoms. The monoisotopic (exact) mass is 317 g/mol. The largest absolute Gasteiger partial charge is 0.497 e. The van der Waals surface area contributed by atoms with Crippen molar-refractivity contribution < 1.29 is 9.47 Å². The molecule has 1 aliphatic rings. The normalized spacial score (nSPS) is 19.3. The van der Waals surface area contributed by atoms with Gasteiger partial charge in [0.15, 0.2) is 5.96 Å². The van der Waals surface area contributed by atoms with Crippen LogP contribution >= 0.6 is 0 Å². The first-order valence-electron chi connectivity index (χ1n) is 7.74. The lowest BCUT2D eigenvalue weighted by atomic mass is 10.3. The molecule has 2 heterocycles. The fraction of sp³-hybridized carbons (Fsp3) is 0.500. The highest BCUT2D eigenvalue weighted by Gasteiger charge is 2.18. The van der Waals surface area contributed by atoms with Crippen LogP contribution in [0, 0.1) is 0 Å². The topological polar surface area (TPSA) is 77.9 Å². The lowest BCUT2D eigenvalue weighted by Gasteiger charge is -2.31. The Morgan fingerprint density at radius 3 is 3.09 bits per heavy atom. The van der Waals surface area contributed by atoms with Crippen molar-refractivity contribution in [2.24, 2.45) is 17.8 Å². The highest BCUT2D eigenvalue weighted by atomic mass is 16.5. The number of aliphatic imine (C=N–C) groups is 1. The molecule has 2 aromatic rings. The zero-order valence-electron chi connectivity index (χ0n) is 13.8. The van der Waals surface area contributed by atoms with E-state index in [4.69, 9.17) is 15.2 Å². The molecule has 3 rings (SSSR count). The van der Waals surface area contributed by atoms with E-state index in [0.29, 0.717) is 19.1 Å². The minimum Gasteiger partial charge on any atom is -0.497 e. The van der Waals surface area contributed by atoms with Crippen LogP contribution in [-0.4, -0.2) is 53.3 Å². The number of benzene rings is 1. The van der Waals surface area contributed by atoms with E-state index in [1.807, 2.05) is 36.7 Å². The van der Waals surface area contributed by atoms with Crippen LogP contribution in [0.4, 0.5) is 0 Å². The van der Waals surface area contributed by atoms with Crippen LogP contribution in [0.25, 0.3) is 11.0 Å². The standard InChI is InChI=1S/C16H23N5O2/c1-11-10-21(6-7-23-11)16(17)18-9-15-19-13-8-12(22-3)4-5-14(13)20(15)2/h4-5,8,11H,6-7,9-10H2,1-3H3,(H2,17,18). The minimum atomic E-state index is 0.181. The van der Waals surface area contributed by atoms with Crippen molar-refractivity contribution in [1.82, 2.24) is 14.5 Å². The van der Waals surface area contributed by atoms with Crippen molar-refractivity contribution in [3.05, 3.63) is 24.0 Å². The van der Waals surface area contributed by atoms with Crippen LogP contribution in [0.5, 0.6) is 5.75 Å². The molecule has 124 valence electrons. The van der Waals surface area contributed by atoms with Crippen molar-refractivity contribution in [3.63, 3.8) is 0 Å². The Morgan fingerprint density at radius 1 is 1.52 bits per heavy atom. The van der Waals surface area contributed by atoms with E-state index >= 15 is 0 Å². The van der Waals surface area contributed by atoms with Gasteiger partial charge in [-0.25, -0.2) is 9.98 Å². The summed E-state index contributed by atoms with van der Waals surface area (Å²) in [5, 5.41) is 0. The molecule has 0 bridgehead atoms.